The van der Waals surface area contributed by atoms with Crippen LogP contribution < -0.4 is 5.32 Å². The fourth-order valence-corrected chi connectivity index (χ4v) is 2.25. The number of nitrogens with one attached hydrogen (secondary N) is 1. The zero-order valence-corrected chi connectivity index (χ0v) is 10.7. The number of rotatable bonds is 4. The molecule has 3 nitrogen and oxygen atoms in total. The van der Waals surface area contributed by atoms with E-state index in [0.29, 0.717) is 5.56 Å². The van der Waals surface area contributed by atoms with E-state index in [1.165, 1.54) is 6.07 Å². The van der Waals surface area contributed by atoms with Crippen molar-refractivity contribution in [3.05, 3.63) is 35.6 Å². The molecule has 1 fully saturated rings. The highest BCUT2D eigenvalue weighted by Crippen LogP contribution is 2.16. The molecule has 0 aromatic heterocycles. The maximum absolute atomic E-state index is 13.5. The molecule has 1 aromatic carbocycles. The molecule has 0 radical (unpaired) electrons. The summed E-state index contributed by atoms with van der Waals surface area (Å²) in [6.07, 6.45) is 2.18. The number of nitrogens with zero attached hydrogens (tertiary/aromatic N) is 1. The molecule has 1 atom stereocenters. The van der Waals surface area contributed by atoms with Crippen LogP contribution in [-0.2, 0) is 4.79 Å². The van der Waals surface area contributed by atoms with Gasteiger partial charge in [0, 0.05) is 24.7 Å². The Morgan fingerprint density at radius 2 is 2.06 bits per heavy atom. The molecule has 1 aromatic rings. The molecule has 1 saturated heterocycles. The Balaban J connectivity index is 1.86. The summed E-state index contributed by atoms with van der Waals surface area (Å²) in [5.41, 5.74) is 0.603. The summed E-state index contributed by atoms with van der Waals surface area (Å²) in [5.74, 6) is -0.123. The largest absolute Gasteiger partial charge is 0.342 e. The second-order valence-corrected chi connectivity index (χ2v) is 4.71. The molecule has 0 saturated carbocycles. The van der Waals surface area contributed by atoms with E-state index in [9.17, 15) is 9.18 Å². The topological polar surface area (TPSA) is 32.3 Å². The first-order valence-electron chi connectivity index (χ1n) is 6.44. The lowest BCUT2D eigenvalue weighted by atomic mass is 10.1. The molecule has 18 heavy (non-hydrogen) atoms. The van der Waals surface area contributed by atoms with Crippen molar-refractivity contribution < 1.29 is 9.18 Å². The number of carbonyl (C=O) groups is 1. The second kappa shape index (κ2) is 5.96. The summed E-state index contributed by atoms with van der Waals surface area (Å²) >= 11 is 0. The lowest BCUT2D eigenvalue weighted by Crippen LogP contribution is -2.37. The monoisotopic (exact) mass is 250 g/mol. The van der Waals surface area contributed by atoms with Crippen LogP contribution in [0.1, 0.15) is 31.4 Å². The van der Waals surface area contributed by atoms with Crippen LogP contribution in [0.4, 0.5) is 4.39 Å². The van der Waals surface area contributed by atoms with E-state index in [2.05, 4.69) is 5.32 Å². The zero-order valence-electron chi connectivity index (χ0n) is 10.7. The number of hydrogen-bond donors (Lipinski definition) is 1. The molecule has 4 heteroatoms. The van der Waals surface area contributed by atoms with Gasteiger partial charge >= 0.3 is 0 Å². The molecular weight excluding hydrogens is 231 g/mol. The van der Waals surface area contributed by atoms with Gasteiger partial charge in [0.15, 0.2) is 0 Å². The molecule has 0 unspecified atom stereocenters. The summed E-state index contributed by atoms with van der Waals surface area (Å²) in [6, 6.07) is 6.50. The van der Waals surface area contributed by atoms with Crippen molar-refractivity contribution in [1.29, 1.82) is 0 Å². The highest BCUT2D eigenvalue weighted by molar-refractivity contribution is 5.78. The minimum atomic E-state index is -0.230. The molecule has 1 N–H and O–H groups in total. The number of hydrogen-bond acceptors (Lipinski definition) is 2. The Labute approximate surface area is 107 Å². The number of amides is 1. The fourth-order valence-electron chi connectivity index (χ4n) is 2.25. The third kappa shape index (κ3) is 3.07. The van der Waals surface area contributed by atoms with E-state index >= 15 is 0 Å². The van der Waals surface area contributed by atoms with Gasteiger partial charge in [-0.3, -0.25) is 4.79 Å². The standard InChI is InChI=1S/C14H19FN2O/c1-11(12-6-2-3-7-13(12)15)16-10-14(18)17-8-4-5-9-17/h2-3,6-7,11,16H,4-5,8-10H2,1H3/t11-/m1/s1. The SMILES string of the molecule is C[C@@H](NCC(=O)N1CCCC1)c1ccccc1F. The summed E-state index contributed by atoms with van der Waals surface area (Å²) in [6.45, 7) is 3.86. The van der Waals surface area contributed by atoms with Crippen LogP contribution in [-0.4, -0.2) is 30.4 Å². The van der Waals surface area contributed by atoms with Crippen LogP contribution in [0.25, 0.3) is 0 Å². The maximum atomic E-state index is 13.5. The average Bonchev–Trinajstić information content (AvgIpc) is 2.90. The first kappa shape index (κ1) is 13.0. The first-order valence-corrected chi connectivity index (χ1v) is 6.44. The van der Waals surface area contributed by atoms with Crippen LogP contribution in [0.5, 0.6) is 0 Å². The van der Waals surface area contributed by atoms with Crippen molar-refractivity contribution in [1.82, 2.24) is 10.2 Å². The Morgan fingerprint density at radius 3 is 2.72 bits per heavy atom. The third-order valence-electron chi connectivity index (χ3n) is 3.39. The van der Waals surface area contributed by atoms with Gasteiger partial charge in [0.05, 0.1) is 6.54 Å². The van der Waals surface area contributed by atoms with Crippen molar-refractivity contribution in [2.24, 2.45) is 0 Å². The fraction of sp³-hybridized carbons (Fsp3) is 0.500. The zero-order chi connectivity index (χ0) is 13.0. The van der Waals surface area contributed by atoms with Crippen molar-refractivity contribution >= 4 is 5.91 Å². The van der Waals surface area contributed by atoms with Gasteiger partial charge in [0.1, 0.15) is 5.82 Å². The molecular formula is C14H19FN2O. The minimum Gasteiger partial charge on any atom is -0.342 e. The van der Waals surface area contributed by atoms with Crippen molar-refractivity contribution in [2.45, 2.75) is 25.8 Å². The summed E-state index contributed by atoms with van der Waals surface area (Å²) in [7, 11) is 0. The summed E-state index contributed by atoms with van der Waals surface area (Å²) in [4.78, 5) is 13.7. The average molecular weight is 250 g/mol. The third-order valence-corrected chi connectivity index (χ3v) is 3.39. The van der Waals surface area contributed by atoms with Crippen LogP contribution in [0.15, 0.2) is 24.3 Å². The van der Waals surface area contributed by atoms with Crippen molar-refractivity contribution in [2.75, 3.05) is 19.6 Å². The van der Waals surface area contributed by atoms with Gasteiger partial charge in [-0.2, -0.15) is 0 Å². The van der Waals surface area contributed by atoms with Gasteiger partial charge in [-0.05, 0) is 25.8 Å². The van der Waals surface area contributed by atoms with E-state index in [1.54, 1.807) is 18.2 Å². The maximum Gasteiger partial charge on any atom is 0.236 e. The quantitative estimate of drug-likeness (QED) is 0.887. The highest BCUT2D eigenvalue weighted by atomic mass is 19.1. The predicted octanol–water partition coefficient (Wildman–Crippen LogP) is 2.10. The van der Waals surface area contributed by atoms with E-state index < -0.39 is 0 Å². The van der Waals surface area contributed by atoms with E-state index in [4.69, 9.17) is 0 Å². The Hall–Kier alpha value is -1.42. The summed E-state index contributed by atoms with van der Waals surface area (Å²) < 4.78 is 13.5. The minimum absolute atomic E-state index is 0.107. The number of halogens is 1. The Morgan fingerprint density at radius 1 is 1.39 bits per heavy atom. The van der Waals surface area contributed by atoms with Crippen LogP contribution in [0, 0.1) is 5.82 Å². The molecule has 1 aliphatic rings. The first-order chi connectivity index (χ1) is 8.68. The molecule has 2 rings (SSSR count). The number of carbonyl (C=O) groups excluding carboxylic acids is 1. The van der Waals surface area contributed by atoms with E-state index in [0.717, 1.165) is 25.9 Å². The van der Waals surface area contributed by atoms with E-state index in [1.807, 2.05) is 11.8 Å². The van der Waals surface area contributed by atoms with Crippen LogP contribution in [0.3, 0.4) is 0 Å². The Kier molecular flexibility index (Phi) is 4.31. The summed E-state index contributed by atoms with van der Waals surface area (Å²) in [5, 5.41) is 3.09. The lowest BCUT2D eigenvalue weighted by molar-refractivity contribution is -0.129. The molecule has 0 bridgehead atoms. The molecule has 1 amide bonds. The predicted molar refractivity (Wildman–Crippen MR) is 68.6 cm³/mol. The van der Waals surface area contributed by atoms with Gasteiger partial charge in [-0.1, -0.05) is 18.2 Å². The molecule has 0 spiro atoms. The lowest BCUT2D eigenvalue weighted by Gasteiger charge is -2.19. The van der Waals surface area contributed by atoms with Crippen LogP contribution >= 0.6 is 0 Å². The normalized spacial score (nSPS) is 16.9. The number of benzene rings is 1. The molecule has 0 aliphatic carbocycles. The van der Waals surface area contributed by atoms with E-state index in [-0.39, 0.29) is 24.3 Å². The van der Waals surface area contributed by atoms with Gasteiger partial charge in [0.25, 0.3) is 0 Å². The van der Waals surface area contributed by atoms with Gasteiger partial charge in [-0.25, -0.2) is 4.39 Å². The Bertz CT molecular complexity index is 416. The molecule has 1 heterocycles. The smallest absolute Gasteiger partial charge is 0.236 e. The van der Waals surface area contributed by atoms with Crippen molar-refractivity contribution in [3.8, 4) is 0 Å². The van der Waals surface area contributed by atoms with Crippen molar-refractivity contribution in [3.63, 3.8) is 0 Å². The molecule has 1 aliphatic heterocycles. The number of likely N-dealkylation sites (tertiary alicyclic amines) is 1. The van der Waals surface area contributed by atoms with Gasteiger partial charge in [-0.15, -0.1) is 0 Å². The molecule has 98 valence electrons. The highest BCUT2D eigenvalue weighted by Gasteiger charge is 2.18. The van der Waals surface area contributed by atoms with Gasteiger partial charge in [0.2, 0.25) is 5.91 Å². The van der Waals surface area contributed by atoms with Crippen LogP contribution in [0.2, 0.25) is 0 Å². The second-order valence-electron chi connectivity index (χ2n) is 4.71. The van der Waals surface area contributed by atoms with Gasteiger partial charge < -0.3 is 10.2 Å².